The van der Waals surface area contributed by atoms with Crippen LogP contribution >= 0.6 is 0 Å². The van der Waals surface area contributed by atoms with E-state index in [0.717, 1.165) is 18.7 Å². The maximum atomic E-state index is 12.4. The predicted octanol–water partition coefficient (Wildman–Crippen LogP) is 2.36. The van der Waals surface area contributed by atoms with E-state index in [1.54, 1.807) is 4.90 Å². The fourth-order valence-electron chi connectivity index (χ4n) is 3.73. The molecule has 5 heteroatoms. The van der Waals surface area contributed by atoms with E-state index in [1.165, 1.54) is 31.5 Å². The Balaban J connectivity index is 1.43. The second-order valence-corrected chi connectivity index (χ2v) is 6.93. The molecule has 1 N–H and O–H groups in total. The Hall–Kier alpha value is -1.75. The summed E-state index contributed by atoms with van der Waals surface area (Å²) in [6.07, 6.45) is 3.38. The molecule has 3 aliphatic rings. The van der Waals surface area contributed by atoms with Gasteiger partial charge in [-0.3, -0.25) is 0 Å². The number of hydrogen-bond acceptors (Lipinski definition) is 3. The first-order chi connectivity index (χ1) is 11.7. The standard InChI is InChI=1S/C19H29N3O2/c1-3-15-6-4-5-7-18(15)24-13-12-21(2)19(23)20-17-14-22-10-8-16(17)9-11-22/h4-7,16-17H,3,8-14H2,1-2H3,(H,20,23). The lowest BCUT2D eigenvalue weighted by Crippen LogP contribution is -2.58. The Morgan fingerprint density at radius 1 is 1.33 bits per heavy atom. The third-order valence-corrected chi connectivity index (χ3v) is 5.35. The number of nitrogens with one attached hydrogen (secondary N) is 1. The van der Waals surface area contributed by atoms with Gasteiger partial charge in [0.1, 0.15) is 12.4 Å². The van der Waals surface area contributed by atoms with Crippen molar-refractivity contribution in [2.75, 3.05) is 39.8 Å². The monoisotopic (exact) mass is 331 g/mol. The Kier molecular flexibility index (Phi) is 5.61. The maximum absolute atomic E-state index is 12.4. The number of nitrogens with zero attached hydrogens (tertiary/aromatic N) is 2. The van der Waals surface area contributed by atoms with Crippen LogP contribution in [-0.4, -0.2) is 61.7 Å². The van der Waals surface area contributed by atoms with Crippen molar-refractivity contribution in [3.63, 3.8) is 0 Å². The van der Waals surface area contributed by atoms with Crippen LogP contribution in [0.5, 0.6) is 5.75 Å². The van der Waals surface area contributed by atoms with Crippen LogP contribution in [0.25, 0.3) is 0 Å². The number of fused-ring (bicyclic) bond motifs is 3. The van der Waals surface area contributed by atoms with Crippen molar-refractivity contribution in [2.24, 2.45) is 5.92 Å². The van der Waals surface area contributed by atoms with Gasteiger partial charge in [0.15, 0.2) is 0 Å². The molecule has 1 aromatic rings. The Morgan fingerprint density at radius 2 is 2.08 bits per heavy atom. The minimum Gasteiger partial charge on any atom is -0.491 e. The van der Waals surface area contributed by atoms with E-state index in [2.05, 4.69) is 23.2 Å². The van der Waals surface area contributed by atoms with Crippen molar-refractivity contribution in [3.05, 3.63) is 29.8 Å². The Bertz CT molecular complexity index is 555. The molecule has 3 aliphatic heterocycles. The third kappa shape index (κ3) is 4.01. The Morgan fingerprint density at radius 3 is 2.75 bits per heavy atom. The van der Waals surface area contributed by atoms with Crippen molar-refractivity contribution in [1.29, 1.82) is 0 Å². The molecular weight excluding hydrogens is 302 g/mol. The van der Waals surface area contributed by atoms with Gasteiger partial charge < -0.3 is 19.9 Å². The molecule has 3 saturated heterocycles. The van der Waals surface area contributed by atoms with E-state index in [1.807, 2.05) is 25.2 Å². The summed E-state index contributed by atoms with van der Waals surface area (Å²) in [6, 6.07) is 8.41. The van der Waals surface area contributed by atoms with Crippen LogP contribution in [0.2, 0.25) is 0 Å². The fraction of sp³-hybridized carbons (Fsp3) is 0.632. The van der Waals surface area contributed by atoms with Crippen LogP contribution in [0.15, 0.2) is 24.3 Å². The lowest BCUT2D eigenvalue weighted by Gasteiger charge is -2.45. The van der Waals surface area contributed by atoms with Gasteiger partial charge in [-0.2, -0.15) is 0 Å². The molecule has 2 amide bonds. The van der Waals surface area contributed by atoms with Crippen LogP contribution < -0.4 is 10.1 Å². The second-order valence-electron chi connectivity index (χ2n) is 6.93. The first-order valence-electron chi connectivity index (χ1n) is 9.12. The normalized spacial score (nSPS) is 25.3. The molecule has 1 atom stereocenters. The zero-order valence-electron chi connectivity index (χ0n) is 14.8. The largest absolute Gasteiger partial charge is 0.491 e. The van der Waals surface area contributed by atoms with Gasteiger partial charge in [-0.05, 0) is 49.9 Å². The highest BCUT2D eigenvalue weighted by atomic mass is 16.5. The molecule has 2 bridgehead atoms. The summed E-state index contributed by atoms with van der Waals surface area (Å²) < 4.78 is 5.86. The van der Waals surface area contributed by atoms with Gasteiger partial charge >= 0.3 is 6.03 Å². The van der Waals surface area contributed by atoms with E-state index in [-0.39, 0.29) is 6.03 Å². The van der Waals surface area contributed by atoms with Crippen LogP contribution in [0.3, 0.4) is 0 Å². The van der Waals surface area contributed by atoms with Crippen molar-refractivity contribution in [3.8, 4) is 5.75 Å². The van der Waals surface area contributed by atoms with Gasteiger partial charge in [-0.15, -0.1) is 0 Å². The molecule has 0 saturated carbocycles. The van der Waals surface area contributed by atoms with Gasteiger partial charge in [0.05, 0.1) is 6.54 Å². The fourth-order valence-corrected chi connectivity index (χ4v) is 3.73. The quantitative estimate of drug-likeness (QED) is 0.870. The number of carbonyl (C=O) groups is 1. The van der Waals surface area contributed by atoms with Crippen molar-refractivity contribution in [1.82, 2.24) is 15.1 Å². The molecule has 0 radical (unpaired) electrons. The zero-order valence-corrected chi connectivity index (χ0v) is 14.8. The van der Waals surface area contributed by atoms with Crippen molar-refractivity contribution in [2.45, 2.75) is 32.2 Å². The molecule has 4 rings (SSSR count). The highest BCUT2D eigenvalue weighted by Gasteiger charge is 2.35. The molecule has 0 aromatic heterocycles. The van der Waals surface area contributed by atoms with Gasteiger partial charge in [-0.25, -0.2) is 4.79 Å². The van der Waals surface area contributed by atoms with E-state index < -0.39 is 0 Å². The highest BCUT2D eigenvalue weighted by molar-refractivity contribution is 5.74. The number of aryl methyl sites for hydroxylation is 1. The average Bonchev–Trinajstić information content (AvgIpc) is 2.63. The molecule has 0 aliphatic carbocycles. The molecule has 3 heterocycles. The highest BCUT2D eigenvalue weighted by Crippen LogP contribution is 2.27. The molecule has 132 valence electrons. The summed E-state index contributed by atoms with van der Waals surface area (Å²) >= 11 is 0. The van der Waals surface area contributed by atoms with Gasteiger partial charge in [0.2, 0.25) is 0 Å². The van der Waals surface area contributed by atoms with E-state index in [9.17, 15) is 4.79 Å². The summed E-state index contributed by atoms with van der Waals surface area (Å²) in [5.41, 5.74) is 1.21. The number of ether oxygens (including phenoxy) is 1. The van der Waals surface area contributed by atoms with E-state index in [0.29, 0.717) is 25.1 Å². The summed E-state index contributed by atoms with van der Waals surface area (Å²) in [5.74, 6) is 1.58. The summed E-state index contributed by atoms with van der Waals surface area (Å²) in [6.45, 7) is 6.61. The first-order valence-corrected chi connectivity index (χ1v) is 9.12. The number of amides is 2. The second kappa shape index (κ2) is 7.88. The SMILES string of the molecule is CCc1ccccc1OCCN(C)C(=O)NC1CN2CCC1CC2. The number of carbonyl (C=O) groups excluding carboxylic acids is 1. The maximum Gasteiger partial charge on any atom is 0.317 e. The van der Waals surface area contributed by atoms with E-state index in [4.69, 9.17) is 4.74 Å². The Labute approximate surface area is 145 Å². The molecule has 0 spiro atoms. The van der Waals surface area contributed by atoms with Crippen LogP contribution in [-0.2, 0) is 6.42 Å². The third-order valence-electron chi connectivity index (χ3n) is 5.35. The smallest absolute Gasteiger partial charge is 0.317 e. The lowest BCUT2D eigenvalue weighted by molar-refractivity contribution is 0.0734. The van der Waals surface area contributed by atoms with Crippen LogP contribution in [0, 0.1) is 5.92 Å². The summed E-state index contributed by atoms with van der Waals surface area (Å²) in [4.78, 5) is 16.6. The number of benzene rings is 1. The van der Waals surface area contributed by atoms with E-state index >= 15 is 0 Å². The van der Waals surface area contributed by atoms with Crippen molar-refractivity contribution < 1.29 is 9.53 Å². The minimum absolute atomic E-state index is 0.0149. The minimum atomic E-state index is 0.0149. The van der Waals surface area contributed by atoms with Gasteiger partial charge in [0.25, 0.3) is 0 Å². The molecule has 1 unspecified atom stereocenters. The summed E-state index contributed by atoms with van der Waals surface area (Å²) in [7, 11) is 1.84. The molecular formula is C19H29N3O2. The van der Waals surface area contributed by atoms with Gasteiger partial charge in [-0.1, -0.05) is 25.1 Å². The topological polar surface area (TPSA) is 44.8 Å². The molecule has 24 heavy (non-hydrogen) atoms. The molecule has 5 nitrogen and oxygen atoms in total. The molecule has 1 aromatic carbocycles. The van der Waals surface area contributed by atoms with Crippen molar-refractivity contribution >= 4 is 6.03 Å². The molecule has 3 fully saturated rings. The zero-order chi connectivity index (χ0) is 16.9. The first kappa shape index (κ1) is 17.1. The average molecular weight is 331 g/mol. The number of likely N-dealkylation sites (N-methyl/N-ethyl adjacent to an activating group) is 1. The van der Waals surface area contributed by atoms with Crippen LogP contribution in [0.4, 0.5) is 4.79 Å². The van der Waals surface area contributed by atoms with Crippen LogP contribution in [0.1, 0.15) is 25.3 Å². The van der Waals surface area contributed by atoms with Gasteiger partial charge in [0, 0.05) is 19.6 Å². The number of hydrogen-bond donors (Lipinski definition) is 1. The summed E-state index contributed by atoms with van der Waals surface area (Å²) in [5, 5.41) is 3.21. The number of urea groups is 1. The number of para-hydroxylation sites is 1. The predicted molar refractivity (Wildman–Crippen MR) is 95.4 cm³/mol. The lowest BCUT2D eigenvalue weighted by atomic mass is 9.84. The number of piperidine rings is 3. The number of rotatable bonds is 6.